The topological polar surface area (TPSA) is 59.1 Å². The van der Waals surface area contributed by atoms with Crippen molar-refractivity contribution in [1.29, 1.82) is 0 Å². The number of hydrogen-bond donors (Lipinski definition) is 2. The molecule has 0 radical (unpaired) electrons. The molecule has 0 amide bonds. The van der Waals surface area contributed by atoms with Gasteiger partial charge >= 0.3 is 0 Å². The Hall–Kier alpha value is -1.36. The van der Waals surface area contributed by atoms with Gasteiger partial charge in [0.15, 0.2) is 0 Å². The van der Waals surface area contributed by atoms with Gasteiger partial charge in [0.1, 0.15) is 0 Å². The molecule has 5 nitrogen and oxygen atoms in total. The summed E-state index contributed by atoms with van der Waals surface area (Å²) in [5.74, 6) is 1.29. The van der Waals surface area contributed by atoms with E-state index in [1.807, 2.05) is 13.8 Å². The first-order chi connectivity index (χ1) is 8.24. The van der Waals surface area contributed by atoms with Crippen molar-refractivity contribution in [2.75, 3.05) is 18.4 Å². The molecule has 2 N–H and O–H groups in total. The zero-order chi connectivity index (χ0) is 12.1. The lowest BCUT2D eigenvalue weighted by molar-refractivity contribution is 0.232. The molecule has 0 bridgehead atoms. The summed E-state index contributed by atoms with van der Waals surface area (Å²) in [4.78, 5) is 8.56. The Morgan fingerprint density at radius 2 is 2.18 bits per heavy atom. The molecular weight excluding hydrogens is 216 g/mol. The van der Waals surface area contributed by atoms with Gasteiger partial charge in [-0.15, -0.1) is 0 Å². The highest BCUT2D eigenvalue weighted by atomic mass is 16.5. The molecule has 1 aliphatic rings. The fourth-order valence-corrected chi connectivity index (χ4v) is 1.87. The Morgan fingerprint density at radius 3 is 2.88 bits per heavy atom. The first-order valence-electron chi connectivity index (χ1n) is 6.21. The Morgan fingerprint density at radius 1 is 1.41 bits per heavy atom. The molecule has 5 heteroatoms. The van der Waals surface area contributed by atoms with E-state index in [0.29, 0.717) is 17.9 Å². The normalized spacial score (nSPS) is 17.1. The van der Waals surface area contributed by atoms with Crippen LogP contribution in [0.15, 0.2) is 12.3 Å². The monoisotopic (exact) mass is 236 g/mol. The molecule has 1 aromatic rings. The van der Waals surface area contributed by atoms with Gasteiger partial charge in [-0.1, -0.05) is 0 Å². The lowest BCUT2D eigenvalue weighted by Crippen LogP contribution is -2.35. The zero-order valence-electron chi connectivity index (χ0n) is 10.4. The SMILES string of the molecule is CC(C)Oc1ccnc(NC2CCNCC2)n1. The fraction of sp³-hybridized carbons (Fsp3) is 0.667. The van der Waals surface area contributed by atoms with Gasteiger partial charge in [-0.05, 0) is 39.8 Å². The molecule has 17 heavy (non-hydrogen) atoms. The minimum atomic E-state index is 0.136. The predicted octanol–water partition coefficient (Wildman–Crippen LogP) is 1.43. The molecule has 0 aromatic carbocycles. The van der Waals surface area contributed by atoms with Crippen molar-refractivity contribution in [1.82, 2.24) is 15.3 Å². The number of aromatic nitrogens is 2. The number of ether oxygens (including phenoxy) is 1. The molecule has 0 unspecified atom stereocenters. The van der Waals surface area contributed by atoms with Crippen LogP contribution in [0.5, 0.6) is 5.88 Å². The average Bonchev–Trinajstić information content (AvgIpc) is 2.30. The standard InChI is InChI=1S/C12H20N4O/c1-9(2)17-11-5-8-14-12(16-11)15-10-3-6-13-7-4-10/h5,8-10,13H,3-4,6-7H2,1-2H3,(H,14,15,16). The van der Waals surface area contributed by atoms with E-state index in [0.717, 1.165) is 25.9 Å². The number of nitrogens with one attached hydrogen (secondary N) is 2. The number of hydrogen-bond acceptors (Lipinski definition) is 5. The molecule has 1 aromatic heterocycles. The highest BCUT2D eigenvalue weighted by Crippen LogP contribution is 2.13. The van der Waals surface area contributed by atoms with Crippen LogP contribution >= 0.6 is 0 Å². The van der Waals surface area contributed by atoms with Gasteiger partial charge in [0.25, 0.3) is 0 Å². The molecule has 0 atom stereocenters. The van der Waals surface area contributed by atoms with E-state index < -0.39 is 0 Å². The van der Waals surface area contributed by atoms with E-state index in [2.05, 4.69) is 20.6 Å². The van der Waals surface area contributed by atoms with Gasteiger partial charge in [0.2, 0.25) is 11.8 Å². The van der Waals surface area contributed by atoms with Crippen molar-refractivity contribution in [3.63, 3.8) is 0 Å². The smallest absolute Gasteiger partial charge is 0.226 e. The second-order valence-electron chi connectivity index (χ2n) is 4.55. The van der Waals surface area contributed by atoms with Gasteiger partial charge in [-0.25, -0.2) is 4.98 Å². The first-order valence-corrected chi connectivity index (χ1v) is 6.21. The maximum Gasteiger partial charge on any atom is 0.226 e. The minimum absolute atomic E-state index is 0.136. The Balaban J connectivity index is 1.95. The third kappa shape index (κ3) is 3.85. The minimum Gasteiger partial charge on any atom is -0.475 e. The highest BCUT2D eigenvalue weighted by Gasteiger charge is 2.13. The van der Waals surface area contributed by atoms with Crippen LogP contribution < -0.4 is 15.4 Å². The summed E-state index contributed by atoms with van der Waals surface area (Å²) in [7, 11) is 0. The summed E-state index contributed by atoms with van der Waals surface area (Å²) in [6.45, 7) is 6.09. The fourth-order valence-electron chi connectivity index (χ4n) is 1.87. The molecule has 1 aliphatic heterocycles. The molecule has 0 spiro atoms. The van der Waals surface area contributed by atoms with Crippen molar-refractivity contribution < 1.29 is 4.74 Å². The number of nitrogens with zero attached hydrogens (tertiary/aromatic N) is 2. The van der Waals surface area contributed by atoms with E-state index in [9.17, 15) is 0 Å². The molecule has 1 fully saturated rings. The lowest BCUT2D eigenvalue weighted by Gasteiger charge is -2.23. The lowest BCUT2D eigenvalue weighted by atomic mass is 10.1. The number of anilines is 1. The van der Waals surface area contributed by atoms with Gasteiger partial charge in [-0.2, -0.15) is 4.98 Å². The summed E-state index contributed by atoms with van der Waals surface area (Å²) in [5, 5.41) is 6.68. The summed E-state index contributed by atoms with van der Waals surface area (Å²) >= 11 is 0. The van der Waals surface area contributed by atoms with Crippen LogP contribution in [-0.2, 0) is 0 Å². The third-order valence-corrected chi connectivity index (χ3v) is 2.66. The van der Waals surface area contributed by atoms with Gasteiger partial charge < -0.3 is 15.4 Å². The maximum atomic E-state index is 5.54. The van der Waals surface area contributed by atoms with Crippen LogP contribution in [0.3, 0.4) is 0 Å². The van der Waals surface area contributed by atoms with Crippen LogP contribution in [0.25, 0.3) is 0 Å². The Bertz CT molecular complexity index is 350. The largest absolute Gasteiger partial charge is 0.475 e. The van der Waals surface area contributed by atoms with Crippen molar-refractivity contribution in [2.45, 2.75) is 38.8 Å². The maximum absolute atomic E-state index is 5.54. The van der Waals surface area contributed by atoms with Crippen molar-refractivity contribution >= 4 is 5.95 Å². The van der Waals surface area contributed by atoms with Crippen LogP contribution in [0.4, 0.5) is 5.95 Å². The number of piperidine rings is 1. The third-order valence-electron chi connectivity index (χ3n) is 2.66. The van der Waals surface area contributed by atoms with Crippen LogP contribution in [0.2, 0.25) is 0 Å². The van der Waals surface area contributed by atoms with Crippen LogP contribution in [0.1, 0.15) is 26.7 Å². The summed E-state index contributed by atoms with van der Waals surface area (Å²) in [5.41, 5.74) is 0. The van der Waals surface area contributed by atoms with Gasteiger partial charge in [-0.3, -0.25) is 0 Å². The Kier molecular flexibility index (Phi) is 4.14. The quantitative estimate of drug-likeness (QED) is 0.828. The molecule has 2 rings (SSSR count). The van der Waals surface area contributed by atoms with Crippen LogP contribution in [0, 0.1) is 0 Å². The van der Waals surface area contributed by atoms with E-state index in [1.54, 1.807) is 12.3 Å². The van der Waals surface area contributed by atoms with Crippen molar-refractivity contribution in [3.8, 4) is 5.88 Å². The second kappa shape index (κ2) is 5.82. The molecule has 0 aliphatic carbocycles. The number of rotatable bonds is 4. The second-order valence-corrected chi connectivity index (χ2v) is 4.55. The molecule has 0 saturated carbocycles. The van der Waals surface area contributed by atoms with E-state index in [4.69, 9.17) is 4.74 Å². The summed E-state index contributed by atoms with van der Waals surface area (Å²) in [6, 6.07) is 2.25. The van der Waals surface area contributed by atoms with E-state index in [-0.39, 0.29) is 6.10 Å². The average molecular weight is 236 g/mol. The zero-order valence-corrected chi connectivity index (χ0v) is 10.4. The molecule has 1 saturated heterocycles. The van der Waals surface area contributed by atoms with Gasteiger partial charge in [0.05, 0.1) is 6.10 Å². The van der Waals surface area contributed by atoms with Crippen LogP contribution in [-0.4, -0.2) is 35.2 Å². The molecular formula is C12H20N4O. The first kappa shape index (κ1) is 12.1. The van der Waals surface area contributed by atoms with E-state index >= 15 is 0 Å². The molecule has 94 valence electrons. The summed E-state index contributed by atoms with van der Waals surface area (Å²) in [6.07, 6.45) is 4.09. The highest BCUT2D eigenvalue weighted by molar-refractivity contribution is 5.29. The predicted molar refractivity (Wildman–Crippen MR) is 67.3 cm³/mol. The van der Waals surface area contributed by atoms with E-state index in [1.165, 1.54) is 0 Å². The summed E-state index contributed by atoms with van der Waals surface area (Å²) < 4.78 is 5.54. The van der Waals surface area contributed by atoms with Crippen molar-refractivity contribution in [3.05, 3.63) is 12.3 Å². The molecule has 2 heterocycles. The Labute approximate surface area is 102 Å². The van der Waals surface area contributed by atoms with Gasteiger partial charge in [0, 0.05) is 18.3 Å². The van der Waals surface area contributed by atoms with Crippen molar-refractivity contribution in [2.24, 2.45) is 0 Å².